The molecule has 3 aliphatic rings. The summed E-state index contributed by atoms with van der Waals surface area (Å²) in [4.78, 5) is 49.2. The van der Waals surface area contributed by atoms with Crippen LogP contribution in [0, 0.1) is 5.41 Å². The highest BCUT2D eigenvalue weighted by Gasteiger charge is 2.47. The molecule has 1 saturated carbocycles. The summed E-state index contributed by atoms with van der Waals surface area (Å²) < 4.78 is 7.36. The molecule has 4 N–H and O–H groups in total. The zero-order valence-electron chi connectivity index (χ0n) is 27.4. The van der Waals surface area contributed by atoms with Crippen LogP contribution in [-0.4, -0.2) is 99.4 Å². The molecule has 0 bridgehead atoms. The Kier molecular flexibility index (Phi) is 9.97. The van der Waals surface area contributed by atoms with Gasteiger partial charge in [-0.15, -0.1) is 0 Å². The molecule has 12 nitrogen and oxygen atoms in total. The van der Waals surface area contributed by atoms with Crippen LogP contribution in [-0.2, 0) is 16.1 Å². The number of nitrogens with zero attached hydrogens (tertiary/aromatic N) is 5. The number of benzene rings is 1. The Labute approximate surface area is 266 Å². The van der Waals surface area contributed by atoms with E-state index < -0.39 is 11.2 Å². The molecule has 1 aromatic heterocycles. The molecule has 246 valence electrons. The molecule has 2 saturated heterocycles. The number of amides is 3. The minimum Gasteiger partial charge on any atom is -0.360 e. The van der Waals surface area contributed by atoms with E-state index in [1.165, 1.54) is 10.1 Å². The number of urea groups is 1. The van der Waals surface area contributed by atoms with Crippen molar-refractivity contribution in [2.45, 2.75) is 90.7 Å². The Morgan fingerprint density at radius 2 is 1.71 bits per heavy atom. The number of carbonyl (C=O) groups is 2. The third-order valence-electron chi connectivity index (χ3n) is 9.40. The van der Waals surface area contributed by atoms with E-state index in [0.717, 1.165) is 38.8 Å². The number of hydrogen-bond acceptors (Lipinski definition) is 8. The van der Waals surface area contributed by atoms with Gasteiger partial charge in [0.2, 0.25) is 5.91 Å². The lowest BCUT2D eigenvalue weighted by Gasteiger charge is -2.38. The highest BCUT2D eigenvalue weighted by Crippen LogP contribution is 2.29. The Morgan fingerprint density at radius 3 is 2.29 bits per heavy atom. The molecule has 3 fully saturated rings. The topological polar surface area (TPSA) is 138 Å². The molecule has 2 atom stereocenters. The van der Waals surface area contributed by atoms with E-state index in [2.05, 4.69) is 60.3 Å². The summed E-state index contributed by atoms with van der Waals surface area (Å²) in [6.07, 6.45) is 5.86. The second kappa shape index (κ2) is 13.6. The summed E-state index contributed by atoms with van der Waals surface area (Å²) in [5.41, 5.74) is 6.61. The lowest BCUT2D eigenvalue weighted by Crippen LogP contribution is -2.61. The summed E-state index contributed by atoms with van der Waals surface area (Å²) in [6, 6.07) is 10.1. The van der Waals surface area contributed by atoms with Crippen molar-refractivity contribution in [3.05, 3.63) is 52.6 Å². The molecule has 1 aliphatic carbocycles. The maximum atomic E-state index is 13.3. The average molecular weight is 623 g/mol. The van der Waals surface area contributed by atoms with Crippen molar-refractivity contribution < 1.29 is 14.3 Å². The predicted octanol–water partition coefficient (Wildman–Crippen LogP) is 2.75. The van der Waals surface area contributed by atoms with Crippen LogP contribution < -0.4 is 22.1 Å². The van der Waals surface area contributed by atoms with E-state index in [1.807, 2.05) is 19.1 Å². The Balaban J connectivity index is 1.12. The van der Waals surface area contributed by atoms with Crippen molar-refractivity contribution in [1.82, 2.24) is 29.6 Å². The van der Waals surface area contributed by atoms with Crippen molar-refractivity contribution in [2.75, 3.05) is 44.6 Å². The summed E-state index contributed by atoms with van der Waals surface area (Å²) >= 11 is 0. The molecule has 0 unspecified atom stereocenters. The third kappa shape index (κ3) is 7.74. The first-order valence-corrected chi connectivity index (χ1v) is 16.3. The van der Waals surface area contributed by atoms with Crippen LogP contribution in [0.5, 0.6) is 0 Å². The van der Waals surface area contributed by atoms with Crippen LogP contribution >= 0.6 is 0 Å². The first kappa shape index (κ1) is 33.1. The molecule has 2 aromatic rings. The number of hydrogen-bond donors (Lipinski definition) is 3. The molecular weight excluding hydrogens is 572 g/mol. The molecular formula is C33H50N8O4. The van der Waals surface area contributed by atoms with Crippen LogP contribution in [0.15, 0.2) is 41.3 Å². The second-order valence-electron chi connectivity index (χ2n) is 14.0. The lowest BCUT2D eigenvalue weighted by atomic mass is 9.90. The molecule has 5 rings (SSSR count). The molecule has 0 radical (unpaired) electrons. The van der Waals surface area contributed by atoms with E-state index in [0.29, 0.717) is 50.6 Å². The van der Waals surface area contributed by atoms with Crippen LogP contribution in [0.4, 0.5) is 10.6 Å². The van der Waals surface area contributed by atoms with Crippen molar-refractivity contribution in [1.29, 1.82) is 0 Å². The van der Waals surface area contributed by atoms with Gasteiger partial charge in [-0.2, -0.15) is 4.98 Å². The molecule has 3 heterocycles. The van der Waals surface area contributed by atoms with Crippen molar-refractivity contribution >= 4 is 17.8 Å². The standard InChI is InChI=1S/C33H50N8O4/c1-6-38(25-13-9-24(34)10-14-25)21-23-7-11-26(12-8-23)41-16-15-27(36-31(41)44)35-30(43)40-19-17-39(18-20-40)29(42)33(5)22-45-28(37-33)32(2,3)4/h7-8,11-12,15-16,24-25,28,37H,6,9-10,13-14,17-22,34H2,1-5H3,(H,35,36,43,44)/t24?,25?,28-,33+/m1/s1. The van der Waals surface area contributed by atoms with Gasteiger partial charge in [0.1, 0.15) is 17.6 Å². The van der Waals surface area contributed by atoms with Crippen molar-refractivity contribution in [3.63, 3.8) is 0 Å². The van der Waals surface area contributed by atoms with Gasteiger partial charge < -0.3 is 20.3 Å². The molecule has 12 heteroatoms. The lowest BCUT2D eigenvalue weighted by molar-refractivity contribution is -0.138. The quantitative estimate of drug-likeness (QED) is 0.429. The van der Waals surface area contributed by atoms with Gasteiger partial charge in [-0.3, -0.25) is 24.9 Å². The summed E-state index contributed by atoms with van der Waals surface area (Å²) in [5, 5.41) is 6.11. The van der Waals surface area contributed by atoms with Gasteiger partial charge >= 0.3 is 11.7 Å². The van der Waals surface area contributed by atoms with Crippen molar-refractivity contribution in [3.8, 4) is 5.69 Å². The van der Waals surface area contributed by atoms with E-state index in [-0.39, 0.29) is 29.4 Å². The van der Waals surface area contributed by atoms with Crippen molar-refractivity contribution in [2.24, 2.45) is 11.1 Å². The van der Waals surface area contributed by atoms with Gasteiger partial charge in [0.05, 0.1) is 12.3 Å². The van der Waals surface area contributed by atoms with Gasteiger partial charge in [-0.05, 0) is 62.9 Å². The third-order valence-corrected chi connectivity index (χ3v) is 9.40. The fourth-order valence-electron chi connectivity index (χ4n) is 6.49. The normalized spacial score (nSPS) is 25.9. The zero-order valence-corrected chi connectivity index (χ0v) is 27.4. The minimum atomic E-state index is -0.795. The molecule has 1 aromatic carbocycles. The fraction of sp³-hybridized carbons (Fsp3) is 0.636. The molecule has 45 heavy (non-hydrogen) atoms. The van der Waals surface area contributed by atoms with Gasteiger partial charge in [-0.1, -0.05) is 39.8 Å². The zero-order chi connectivity index (χ0) is 32.4. The van der Waals surface area contributed by atoms with E-state index in [1.54, 1.807) is 22.1 Å². The smallest absolute Gasteiger partial charge is 0.354 e. The van der Waals surface area contributed by atoms with E-state index >= 15 is 0 Å². The largest absolute Gasteiger partial charge is 0.360 e. The second-order valence-corrected chi connectivity index (χ2v) is 14.0. The monoisotopic (exact) mass is 622 g/mol. The number of anilines is 1. The molecule has 0 spiro atoms. The summed E-state index contributed by atoms with van der Waals surface area (Å²) in [7, 11) is 0. The number of nitrogens with one attached hydrogen (secondary N) is 2. The Bertz CT molecular complexity index is 1390. The average Bonchev–Trinajstić information content (AvgIpc) is 3.44. The number of ether oxygens (including phenoxy) is 1. The fourth-order valence-corrected chi connectivity index (χ4v) is 6.49. The number of aromatic nitrogens is 2. The summed E-state index contributed by atoms with van der Waals surface area (Å²) in [6.45, 7) is 14.0. The molecule has 3 amide bonds. The minimum absolute atomic E-state index is 0.0234. The number of rotatable bonds is 7. The van der Waals surface area contributed by atoms with Crippen LogP contribution in [0.1, 0.15) is 65.9 Å². The Hall–Kier alpha value is -3.32. The maximum Gasteiger partial charge on any atom is 0.354 e. The SMILES string of the molecule is CCN(Cc1ccc(-n2ccc(NC(=O)N3CCN(C(=O)[C@]4(C)CO[C@H](C(C)(C)C)N4)CC3)nc2=O)cc1)C1CCC(N)CC1. The van der Waals surface area contributed by atoms with Gasteiger partial charge in [0.25, 0.3) is 0 Å². The van der Waals surface area contributed by atoms with Crippen LogP contribution in [0.25, 0.3) is 5.69 Å². The van der Waals surface area contributed by atoms with Crippen LogP contribution in [0.2, 0.25) is 0 Å². The van der Waals surface area contributed by atoms with Gasteiger partial charge in [0, 0.05) is 56.4 Å². The first-order valence-electron chi connectivity index (χ1n) is 16.3. The van der Waals surface area contributed by atoms with E-state index in [9.17, 15) is 14.4 Å². The summed E-state index contributed by atoms with van der Waals surface area (Å²) in [5.74, 6) is 0.167. The predicted molar refractivity (Wildman–Crippen MR) is 174 cm³/mol. The Morgan fingerprint density at radius 1 is 1.07 bits per heavy atom. The van der Waals surface area contributed by atoms with Gasteiger partial charge in [0.15, 0.2) is 0 Å². The van der Waals surface area contributed by atoms with Crippen LogP contribution in [0.3, 0.4) is 0 Å². The highest BCUT2D eigenvalue weighted by atomic mass is 16.5. The van der Waals surface area contributed by atoms with E-state index in [4.69, 9.17) is 10.5 Å². The van der Waals surface area contributed by atoms with Gasteiger partial charge in [-0.25, -0.2) is 9.59 Å². The molecule has 2 aliphatic heterocycles. The maximum absolute atomic E-state index is 13.3. The highest BCUT2D eigenvalue weighted by molar-refractivity contribution is 5.89. The first-order chi connectivity index (χ1) is 21.4. The number of piperazine rings is 1. The number of carbonyl (C=O) groups excluding carboxylic acids is 2. The number of nitrogens with two attached hydrogens (primary N) is 1.